The highest BCUT2D eigenvalue weighted by atomic mass is 35.5. The maximum Gasteiger partial charge on any atom is 0.157 e. The third-order valence-electron chi connectivity index (χ3n) is 2.53. The summed E-state index contributed by atoms with van der Waals surface area (Å²) in [6.45, 7) is 4.20. The maximum absolute atomic E-state index is 5.93. The van der Waals surface area contributed by atoms with Crippen LogP contribution in [0.4, 0.5) is 0 Å². The van der Waals surface area contributed by atoms with Crippen LogP contribution in [-0.2, 0) is 6.42 Å². The zero-order valence-electron chi connectivity index (χ0n) is 9.97. The van der Waals surface area contributed by atoms with Crippen LogP contribution in [-0.4, -0.2) is 26.1 Å². The molecule has 4 nitrogen and oxygen atoms in total. The summed E-state index contributed by atoms with van der Waals surface area (Å²) in [6, 6.07) is 9.86. The fourth-order valence-corrected chi connectivity index (χ4v) is 1.66. The quantitative estimate of drug-likeness (QED) is 0.783. The van der Waals surface area contributed by atoms with Crippen LogP contribution in [0.5, 0.6) is 0 Å². The van der Waals surface area contributed by atoms with Crippen LogP contribution in [0.3, 0.4) is 0 Å². The lowest BCUT2D eigenvalue weighted by Gasteiger charge is -2.20. The highest BCUT2D eigenvalue weighted by Crippen LogP contribution is 2.22. The highest BCUT2D eigenvalue weighted by molar-refractivity contribution is 6.18. The number of benzene rings is 1. The first-order valence-corrected chi connectivity index (χ1v) is 6.04. The smallest absolute Gasteiger partial charge is 0.157 e. The number of nitrogens with zero attached hydrogens (tertiary/aromatic N) is 4. The summed E-state index contributed by atoms with van der Waals surface area (Å²) < 4.78 is 1.76. The predicted octanol–water partition coefficient (Wildman–Crippen LogP) is 2.47. The molecule has 0 aliphatic rings. The van der Waals surface area contributed by atoms with Crippen LogP contribution in [0.15, 0.2) is 30.3 Å². The minimum atomic E-state index is -0.0111. The predicted molar refractivity (Wildman–Crippen MR) is 67.4 cm³/mol. The summed E-state index contributed by atoms with van der Waals surface area (Å²) in [7, 11) is 0. The SMILES string of the molecule is CC(C)(CCl)Cc1nnnn1-c1ccccc1. The van der Waals surface area contributed by atoms with Crippen molar-refractivity contribution >= 4 is 11.6 Å². The van der Waals surface area contributed by atoms with E-state index >= 15 is 0 Å². The van der Waals surface area contributed by atoms with E-state index in [9.17, 15) is 0 Å². The number of hydrogen-bond acceptors (Lipinski definition) is 3. The van der Waals surface area contributed by atoms with Crippen molar-refractivity contribution in [3.05, 3.63) is 36.2 Å². The maximum atomic E-state index is 5.93. The van der Waals surface area contributed by atoms with E-state index in [1.807, 2.05) is 30.3 Å². The first-order valence-electron chi connectivity index (χ1n) is 5.51. The minimum Gasteiger partial charge on any atom is -0.197 e. The molecule has 0 unspecified atom stereocenters. The third kappa shape index (κ3) is 2.82. The van der Waals surface area contributed by atoms with Gasteiger partial charge in [-0.2, -0.15) is 4.68 Å². The van der Waals surface area contributed by atoms with Gasteiger partial charge in [0.15, 0.2) is 5.82 Å². The molecule has 2 aromatic rings. The molecular formula is C12H15ClN4. The van der Waals surface area contributed by atoms with Gasteiger partial charge in [-0.15, -0.1) is 16.7 Å². The van der Waals surface area contributed by atoms with E-state index in [0.717, 1.165) is 17.9 Å². The zero-order chi connectivity index (χ0) is 12.3. The van der Waals surface area contributed by atoms with E-state index in [1.165, 1.54) is 0 Å². The van der Waals surface area contributed by atoms with Gasteiger partial charge in [0, 0.05) is 12.3 Å². The van der Waals surface area contributed by atoms with Gasteiger partial charge in [0.25, 0.3) is 0 Å². The number of tetrazole rings is 1. The summed E-state index contributed by atoms with van der Waals surface area (Å²) >= 11 is 5.93. The molecule has 1 heterocycles. The number of hydrogen-bond donors (Lipinski definition) is 0. The van der Waals surface area contributed by atoms with Gasteiger partial charge in [0.2, 0.25) is 0 Å². The molecule has 0 aliphatic carbocycles. The van der Waals surface area contributed by atoms with Crippen molar-refractivity contribution in [2.24, 2.45) is 5.41 Å². The molecule has 5 heteroatoms. The van der Waals surface area contributed by atoms with Crippen LogP contribution in [0.25, 0.3) is 5.69 Å². The summed E-state index contributed by atoms with van der Waals surface area (Å²) in [5.41, 5.74) is 0.959. The normalized spacial score (nSPS) is 11.7. The second kappa shape index (κ2) is 4.84. The Hall–Kier alpha value is -1.42. The highest BCUT2D eigenvalue weighted by Gasteiger charge is 2.21. The van der Waals surface area contributed by atoms with Gasteiger partial charge < -0.3 is 0 Å². The molecule has 0 fully saturated rings. The topological polar surface area (TPSA) is 43.6 Å². The summed E-state index contributed by atoms with van der Waals surface area (Å²) in [4.78, 5) is 0. The Bertz CT molecular complexity index is 478. The van der Waals surface area contributed by atoms with Crippen LogP contribution < -0.4 is 0 Å². The first-order chi connectivity index (χ1) is 8.12. The molecule has 0 bridgehead atoms. The van der Waals surface area contributed by atoms with Crippen LogP contribution in [0.1, 0.15) is 19.7 Å². The van der Waals surface area contributed by atoms with Gasteiger partial charge in [-0.3, -0.25) is 0 Å². The monoisotopic (exact) mass is 250 g/mol. The van der Waals surface area contributed by atoms with E-state index in [-0.39, 0.29) is 5.41 Å². The van der Waals surface area contributed by atoms with Crippen molar-refractivity contribution in [3.8, 4) is 5.69 Å². The minimum absolute atomic E-state index is 0.0111. The van der Waals surface area contributed by atoms with E-state index < -0.39 is 0 Å². The van der Waals surface area contributed by atoms with Crippen LogP contribution >= 0.6 is 11.6 Å². The molecule has 0 amide bonds. The Morgan fingerprint density at radius 1 is 1.24 bits per heavy atom. The van der Waals surface area contributed by atoms with Crippen molar-refractivity contribution in [2.45, 2.75) is 20.3 Å². The lowest BCUT2D eigenvalue weighted by atomic mass is 9.91. The first kappa shape index (κ1) is 12.0. The average Bonchev–Trinajstić information content (AvgIpc) is 2.77. The van der Waals surface area contributed by atoms with Crippen molar-refractivity contribution in [3.63, 3.8) is 0 Å². The van der Waals surface area contributed by atoms with E-state index in [1.54, 1.807) is 4.68 Å². The number of halogens is 1. The molecule has 0 N–H and O–H groups in total. The second-order valence-corrected chi connectivity index (χ2v) is 5.08. The second-order valence-electron chi connectivity index (χ2n) is 4.82. The average molecular weight is 251 g/mol. The molecule has 0 spiro atoms. The molecule has 0 saturated heterocycles. The standard InChI is InChI=1S/C12H15ClN4/c1-12(2,9-13)8-11-14-15-16-17(11)10-6-4-3-5-7-10/h3-7H,8-9H2,1-2H3. The van der Waals surface area contributed by atoms with Gasteiger partial charge in [-0.1, -0.05) is 32.0 Å². The Labute approximate surface area is 106 Å². The Kier molecular flexibility index (Phi) is 3.43. The number of aromatic nitrogens is 4. The molecule has 0 saturated carbocycles. The molecular weight excluding hydrogens is 236 g/mol. The largest absolute Gasteiger partial charge is 0.197 e. The molecule has 0 atom stereocenters. The number of alkyl halides is 1. The van der Waals surface area contributed by atoms with Gasteiger partial charge in [0.1, 0.15) is 0 Å². The Morgan fingerprint density at radius 2 is 1.94 bits per heavy atom. The van der Waals surface area contributed by atoms with E-state index in [4.69, 9.17) is 11.6 Å². The summed E-state index contributed by atoms with van der Waals surface area (Å²) in [6.07, 6.45) is 0.748. The molecule has 0 radical (unpaired) electrons. The molecule has 2 rings (SSSR count). The molecule has 17 heavy (non-hydrogen) atoms. The van der Waals surface area contributed by atoms with Crippen molar-refractivity contribution in [1.82, 2.24) is 20.2 Å². The fraction of sp³-hybridized carbons (Fsp3) is 0.417. The van der Waals surface area contributed by atoms with Gasteiger partial charge in [-0.25, -0.2) is 0 Å². The third-order valence-corrected chi connectivity index (χ3v) is 3.26. The molecule has 0 aliphatic heterocycles. The number of rotatable bonds is 4. The Morgan fingerprint density at radius 3 is 2.59 bits per heavy atom. The Balaban J connectivity index is 2.30. The fourth-order valence-electron chi connectivity index (χ4n) is 1.56. The van der Waals surface area contributed by atoms with Crippen LogP contribution in [0, 0.1) is 5.41 Å². The van der Waals surface area contributed by atoms with Gasteiger partial charge in [-0.05, 0) is 28.0 Å². The van der Waals surface area contributed by atoms with E-state index in [0.29, 0.717) is 5.88 Å². The van der Waals surface area contributed by atoms with E-state index in [2.05, 4.69) is 29.4 Å². The zero-order valence-corrected chi connectivity index (χ0v) is 10.7. The summed E-state index contributed by atoms with van der Waals surface area (Å²) in [5.74, 6) is 1.41. The van der Waals surface area contributed by atoms with Crippen molar-refractivity contribution < 1.29 is 0 Å². The number of para-hydroxylation sites is 1. The molecule has 1 aromatic heterocycles. The lowest BCUT2D eigenvalue weighted by molar-refractivity contribution is 0.403. The summed E-state index contributed by atoms with van der Waals surface area (Å²) in [5, 5.41) is 11.8. The lowest BCUT2D eigenvalue weighted by Crippen LogP contribution is -2.19. The molecule has 1 aromatic carbocycles. The van der Waals surface area contributed by atoms with Crippen molar-refractivity contribution in [1.29, 1.82) is 0 Å². The molecule has 90 valence electrons. The van der Waals surface area contributed by atoms with Crippen LogP contribution in [0.2, 0.25) is 0 Å². The van der Waals surface area contributed by atoms with Gasteiger partial charge >= 0.3 is 0 Å². The van der Waals surface area contributed by atoms with Gasteiger partial charge in [0.05, 0.1) is 5.69 Å². The van der Waals surface area contributed by atoms with Crippen molar-refractivity contribution in [2.75, 3.05) is 5.88 Å².